The van der Waals surface area contributed by atoms with Crippen LogP contribution in [-0.4, -0.2) is 11.9 Å². The van der Waals surface area contributed by atoms with E-state index in [4.69, 9.17) is 0 Å². The summed E-state index contributed by atoms with van der Waals surface area (Å²) in [5, 5.41) is 0. The van der Waals surface area contributed by atoms with Crippen LogP contribution in [0, 0.1) is 0 Å². The van der Waals surface area contributed by atoms with Crippen molar-refractivity contribution in [3.63, 3.8) is 0 Å². The van der Waals surface area contributed by atoms with Gasteiger partial charge in [-0.1, -0.05) is 32.9 Å². The highest BCUT2D eigenvalue weighted by molar-refractivity contribution is 6.00. The second-order valence-corrected chi connectivity index (χ2v) is 3.52. The highest BCUT2D eigenvalue weighted by atomic mass is 16.6. The summed E-state index contributed by atoms with van der Waals surface area (Å²) in [5.74, 6) is -1.32. The van der Waals surface area contributed by atoms with Crippen LogP contribution in [0.2, 0.25) is 0 Å². The van der Waals surface area contributed by atoms with Gasteiger partial charge in [-0.05, 0) is 19.8 Å². The summed E-state index contributed by atoms with van der Waals surface area (Å²) in [4.78, 5) is 22.3. The second-order valence-electron chi connectivity index (χ2n) is 3.52. The van der Waals surface area contributed by atoms with Crippen LogP contribution in [0.4, 0.5) is 0 Å². The Bertz CT molecular complexity index is 277. The highest BCUT2D eigenvalue weighted by Gasteiger charge is 2.13. The van der Waals surface area contributed by atoms with Gasteiger partial charge in [0.2, 0.25) is 0 Å². The third kappa shape index (κ3) is 5.83. The number of hydrogen-bond donors (Lipinski definition) is 0. The van der Waals surface area contributed by atoms with Crippen molar-refractivity contribution < 1.29 is 14.3 Å². The van der Waals surface area contributed by atoms with Gasteiger partial charge in [-0.15, -0.1) is 0 Å². The lowest BCUT2D eigenvalue weighted by atomic mass is 10.1. The van der Waals surface area contributed by atoms with E-state index in [0.717, 1.165) is 19.3 Å². The van der Waals surface area contributed by atoms with Gasteiger partial charge in [-0.25, -0.2) is 9.59 Å². The summed E-state index contributed by atoms with van der Waals surface area (Å²) >= 11 is 0. The van der Waals surface area contributed by atoms with Crippen LogP contribution >= 0.6 is 0 Å². The van der Waals surface area contributed by atoms with E-state index < -0.39 is 11.9 Å². The molecule has 3 heteroatoms. The monoisotopic (exact) mass is 210 g/mol. The zero-order chi connectivity index (χ0) is 11.8. The van der Waals surface area contributed by atoms with E-state index >= 15 is 0 Å². The van der Waals surface area contributed by atoms with Crippen LogP contribution in [-0.2, 0) is 14.3 Å². The van der Waals surface area contributed by atoms with Crippen molar-refractivity contribution in [2.24, 2.45) is 0 Å². The van der Waals surface area contributed by atoms with E-state index in [0.29, 0.717) is 12.0 Å². The molecule has 0 aromatic heterocycles. The standard InChI is InChI=1S/C12H18O3/c1-5-6-7-8-10(4)12(14)15-11(13)9(2)3/h2,4-8H2,1,3H3. The van der Waals surface area contributed by atoms with Crippen molar-refractivity contribution >= 4 is 11.9 Å². The molecule has 0 N–H and O–H groups in total. The van der Waals surface area contributed by atoms with Gasteiger partial charge in [0, 0.05) is 11.1 Å². The molecule has 0 aromatic carbocycles. The lowest BCUT2D eigenvalue weighted by molar-refractivity contribution is -0.154. The first-order valence-electron chi connectivity index (χ1n) is 5.08. The Labute approximate surface area is 90.8 Å². The molecule has 3 nitrogen and oxygen atoms in total. The zero-order valence-corrected chi connectivity index (χ0v) is 9.47. The molecular formula is C12H18O3. The van der Waals surface area contributed by atoms with E-state index in [-0.39, 0.29) is 5.57 Å². The largest absolute Gasteiger partial charge is 0.386 e. The number of esters is 2. The first-order chi connectivity index (χ1) is 6.99. The smallest absolute Gasteiger partial charge is 0.341 e. The third-order valence-electron chi connectivity index (χ3n) is 1.90. The molecule has 0 aromatic rings. The fourth-order valence-electron chi connectivity index (χ4n) is 0.934. The van der Waals surface area contributed by atoms with Crippen molar-refractivity contribution in [1.29, 1.82) is 0 Å². The minimum absolute atomic E-state index is 0.213. The molecule has 0 bridgehead atoms. The first-order valence-corrected chi connectivity index (χ1v) is 5.08. The molecule has 0 aliphatic carbocycles. The molecule has 0 saturated heterocycles. The van der Waals surface area contributed by atoms with Crippen LogP contribution in [0.3, 0.4) is 0 Å². The zero-order valence-electron chi connectivity index (χ0n) is 9.47. The maximum Gasteiger partial charge on any atom is 0.341 e. The number of rotatable bonds is 6. The third-order valence-corrected chi connectivity index (χ3v) is 1.90. The predicted molar refractivity (Wildman–Crippen MR) is 59.2 cm³/mol. The van der Waals surface area contributed by atoms with E-state index in [1.807, 2.05) is 0 Å². The normalized spacial score (nSPS) is 9.47. The van der Waals surface area contributed by atoms with Gasteiger partial charge in [0.1, 0.15) is 0 Å². The SMILES string of the molecule is C=C(C)C(=O)OC(=O)C(=C)CCCCC. The van der Waals surface area contributed by atoms with Crippen molar-refractivity contribution in [1.82, 2.24) is 0 Å². The van der Waals surface area contributed by atoms with Crippen LogP contribution in [0.1, 0.15) is 39.5 Å². The molecule has 0 fully saturated rings. The predicted octanol–water partition coefficient (Wildman–Crippen LogP) is 2.77. The van der Waals surface area contributed by atoms with Crippen molar-refractivity contribution in [2.45, 2.75) is 39.5 Å². The van der Waals surface area contributed by atoms with Gasteiger partial charge in [0.15, 0.2) is 0 Å². The molecule has 0 rings (SSSR count). The van der Waals surface area contributed by atoms with Crippen LogP contribution in [0.25, 0.3) is 0 Å². The highest BCUT2D eigenvalue weighted by Crippen LogP contribution is 2.09. The van der Waals surface area contributed by atoms with Crippen LogP contribution < -0.4 is 0 Å². The van der Waals surface area contributed by atoms with Crippen molar-refractivity contribution in [3.05, 3.63) is 24.3 Å². The van der Waals surface area contributed by atoms with Gasteiger partial charge >= 0.3 is 11.9 Å². The molecule has 0 aliphatic heterocycles. The molecule has 0 unspecified atom stereocenters. The van der Waals surface area contributed by atoms with E-state index in [1.54, 1.807) is 0 Å². The Kier molecular flexibility index (Phi) is 6.34. The maximum absolute atomic E-state index is 11.3. The fourth-order valence-corrected chi connectivity index (χ4v) is 0.934. The summed E-state index contributed by atoms with van der Waals surface area (Å²) in [7, 11) is 0. The number of carbonyl (C=O) groups excluding carboxylic acids is 2. The van der Waals surface area contributed by atoms with Crippen LogP contribution in [0.5, 0.6) is 0 Å². The Morgan fingerprint density at radius 2 is 1.73 bits per heavy atom. The van der Waals surface area contributed by atoms with Gasteiger partial charge < -0.3 is 4.74 Å². The van der Waals surface area contributed by atoms with Crippen molar-refractivity contribution in [3.8, 4) is 0 Å². The molecule has 15 heavy (non-hydrogen) atoms. The van der Waals surface area contributed by atoms with Gasteiger partial charge in [0.25, 0.3) is 0 Å². The molecule has 0 saturated carbocycles. The summed E-state index contributed by atoms with van der Waals surface area (Å²) in [6.07, 6.45) is 3.59. The molecule has 0 spiro atoms. The lowest BCUT2D eigenvalue weighted by Gasteiger charge is -2.04. The minimum Gasteiger partial charge on any atom is -0.386 e. The van der Waals surface area contributed by atoms with E-state index in [9.17, 15) is 9.59 Å². The summed E-state index contributed by atoms with van der Waals surface area (Å²) in [6, 6.07) is 0. The number of carbonyl (C=O) groups is 2. The first kappa shape index (κ1) is 13.6. The Morgan fingerprint density at radius 1 is 1.13 bits per heavy atom. The van der Waals surface area contributed by atoms with Crippen LogP contribution in [0.15, 0.2) is 24.3 Å². The number of ether oxygens (including phenoxy) is 1. The number of hydrogen-bond acceptors (Lipinski definition) is 3. The summed E-state index contributed by atoms with van der Waals surface area (Å²) < 4.78 is 4.53. The summed E-state index contributed by atoms with van der Waals surface area (Å²) in [6.45, 7) is 10.5. The van der Waals surface area contributed by atoms with E-state index in [2.05, 4.69) is 24.8 Å². The average molecular weight is 210 g/mol. The summed E-state index contributed by atoms with van der Waals surface area (Å²) in [5.41, 5.74) is 0.558. The maximum atomic E-state index is 11.3. The molecule has 0 radical (unpaired) electrons. The quantitative estimate of drug-likeness (QED) is 0.293. The molecule has 84 valence electrons. The molecule has 0 amide bonds. The Balaban J connectivity index is 3.94. The van der Waals surface area contributed by atoms with Gasteiger partial charge in [-0.2, -0.15) is 0 Å². The molecule has 0 heterocycles. The second kappa shape index (κ2) is 6.98. The molecule has 0 atom stereocenters. The topological polar surface area (TPSA) is 43.4 Å². The van der Waals surface area contributed by atoms with Gasteiger partial charge in [0.05, 0.1) is 0 Å². The van der Waals surface area contributed by atoms with E-state index in [1.165, 1.54) is 6.92 Å². The minimum atomic E-state index is -0.684. The van der Waals surface area contributed by atoms with Crippen molar-refractivity contribution in [2.75, 3.05) is 0 Å². The fraction of sp³-hybridized carbons (Fsp3) is 0.500. The molecule has 0 aliphatic rings. The lowest BCUT2D eigenvalue weighted by Crippen LogP contribution is -2.14. The molecular weight excluding hydrogens is 192 g/mol. The average Bonchev–Trinajstić information content (AvgIpc) is 2.17. The Hall–Kier alpha value is -1.38. The number of unbranched alkanes of at least 4 members (excludes halogenated alkanes) is 2. The van der Waals surface area contributed by atoms with Gasteiger partial charge in [-0.3, -0.25) is 0 Å². The Morgan fingerprint density at radius 3 is 2.20 bits per heavy atom.